The second-order valence-corrected chi connectivity index (χ2v) is 13.4. The quantitative estimate of drug-likeness (QED) is 0.265. The maximum atomic E-state index is 13.6. The number of aromatic nitrogens is 1. The Balaban J connectivity index is 1.61. The van der Waals surface area contributed by atoms with Crippen LogP contribution < -0.4 is 0 Å². The molecule has 2 saturated heterocycles. The van der Waals surface area contributed by atoms with E-state index in [1.165, 1.54) is 11.3 Å². The first-order valence-corrected chi connectivity index (χ1v) is 15.1. The van der Waals surface area contributed by atoms with E-state index in [1.54, 1.807) is 26.1 Å². The van der Waals surface area contributed by atoms with Crippen LogP contribution in [-0.4, -0.2) is 50.9 Å². The number of carbonyl (C=O) groups excluding carboxylic acids is 2. The molecule has 1 aromatic heterocycles. The van der Waals surface area contributed by atoms with Crippen LogP contribution in [0.5, 0.6) is 0 Å². The summed E-state index contributed by atoms with van der Waals surface area (Å²) in [5.74, 6) is -1.71. The summed E-state index contributed by atoms with van der Waals surface area (Å²) >= 11 is 1.49. The molecule has 4 rings (SSSR count). The maximum Gasteiger partial charge on any atom is 0.309 e. The van der Waals surface area contributed by atoms with Crippen LogP contribution in [0.1, 0.15) is 82.8 Å². The molecule has 0 amide bonds. The first kappa shape index (κ1) is 30.6. The van der Waals surface area contributed by atoms with Crippen molar-refractivity contribution in [2.45, 2.75) is 103 Å². The Kier molecular flexibility index (Phi) is 9.35. The first-order valence-electron chi connectivity index (χ1n) is 14.3. The zero-order valence-electron chi connectivity index (χ0n) is 24.3. The molecule has 8 heteroatoms. The van der Waals surface area contributed by atoms with Crippen molar-refractivity contribution in [3.05, 3.63) is 53.6 Å². The Hall–Kier alpha value is -2.39. The minimum absolute atomic E-state index is 0.0843. The van der Waals surface area contributed by atoms with Crippen LogP contribution in [0.2, 0.25) is 0 Å². The van der Waals surface area contributed by atoms with Crippen LogP contribution in [0.3, 0.4) is 0 Å². The summed E-state index contributed by atoms with van der Waals surface area (Å²) in [4.78, 5) is 32.3. The van der Waals surface area contributed by atoms with Crippen LogP contribution in [0.15, 0.2) is 43.1 Å². The molecule has 7 nitrogen and oxygen atoms in total. The Bertz CT molecular complexity index is 1220. The number of carbonyl (C=O) groups is 2. The van der Waals surface area contributed by atoms with Gasteiger partial charge in [0.1, 0.15) is 16.9 Å². The van der Waals surface area contributed by atoms with Crippen LogP contribution in [0, 0.1) is 24.2 Å². The predicted octanol–water partition coefficient (Wildman–Crippen LogP) is 5.97. The normalized spacial score (nSPS) is 33.6. The summed E-state index contributed by atoms with van der Waals surface area (Å²) in [5, 5.41) is 23.1. The van der Waals surface area contributed by atoms with Gasteiger partial charge >= 0.3 is 5.97 Å². The fraction of sp³-hybridized carbons (Fsp3) is 0.594. The SMILES string of the molecule is C=CC[C@H]1C(=O)C(C)(C)[C@@H](O)CC(=O)O[C@H](c2cnc(-c3ccccc3C)s2)C[C@@H]2O[C@]2(C)CCC[C@H](C)[C@@H]1O. The number of ether oxygens (including phenoxy) is 2. The monoisotopic (exact) mass is 569 g/mol. The number of fused-ring (bicyclic) bond motifs is 1. The lowest BCUT2D eigenvalue weighted by Gasteiger charge is -2.35. The third-order valence-corrected chi connectivity index (χ3v) is 9.99. The number of aryl methyl sites for hydroxylation is 1. The topological polar surface area (TPSA) is 109 Å². The zero-order valence-corrected chi connectivity index (χ0v) is 25.1. The molecule has 0 aliphatic carbocycles. The van der Waals surface area contributed by atoms with Crippen LogP contribution in [-0.2, 0) is 19.1 Å². The molecule has 7 atom stereocenters. The number of aliphatic hydroxyl groups is 2. The van der Waals surface area contributed by atoms with Crippen molar-refractivity contribution >= 4 is 23.1 Å². The third-order valence-electron chi connectivity index (χ3n) is 8.87. The van der Waals surface area contributed by atoms with Gasteiger partial charge in [-0.2, -0.15) is 0 Å². The average Bonchev–Trinajstić information content (AvgIpc) is 3.29. The highest BCUT2D eigenvalue weighted by Crippen LogP contribution is 2.47. The Morgan fingerprint density at radius 3 is 2.62 bits per heavy atom. The number of esters is 1. The molecule has 2 fully saturated rings. The summed E-state index contributed by atoms with van der Waals surface area (Å²) < 4.78 is 12.1. The summed E-state index contributed by atoms with van der Waals surface area (Å²) in [5.41, 5.74) is 0.543. The number of Topliss-reactive ketones (excluding diaryl/α,β-unsaturated/α-hetero) is 1. The second kappa shape index (κ2) is 12.2. The Morgan fingerprint density at radius 2 is 1.93 bits per heavy atom. The van der Waals surface area contributed by atoms with Crippen LogP contribution in [0.4, 0.5) is 0 Å². The molecule has 218 valence electrons. The summed E-state index contributed by atoms with van der Waals surface area (Å²) in [6.07, 6.45) is 3.38. The summed E-state index contributed by atoms with van der Waals surface area (Å²) in [6.45, 7) is 13.1. The molecule has 0 unspecified atom stereocenters. The lowest BCUT2D eigenvalue weighted by molar-refractivity contribution is -0.156. The number of allylic oxidation sites excluding steroid dienone is 1. The van der Waals surface area contributed by atoms with Crippen molar-refractivity contribution in [3.63, 3.8) is 0 Å². The van der Waals surface area contributed by atoms with E-state index in [2.05, 4.69) is 18.5 Å². The number of ketones is 1. The molecule has 0 spiro atoms. The Morgan fingerprint density at radius 1 is 1.20 bits per heavy atom. The molecule has 2 aliphatic rings. The lowest BCUT2D eigenvalue weighted by Crippen LogP contribution is -2.46. The van der Waals surface area contributed by atoms with Gasteiger partial charge < -0.3 is 19.7 Å². The summed E-state index contributed by atoms with van der Waals surface area (Å²) in [6, 6.07) is 8.02. The molecule has 1 aromatic carbocycles. The predicted molar refractivity (Wildman–Crippen MR) is 156 cm³/mol. The molecular weight excluding hydrogens is 526 g/mol. The third kappa shape index (κ3) is 6.56. The van der Waals surface area contributed by atoms with E-state index in [1.807, 2.05) is 38.1 Å². The van der Waals surface area contributed by atoms with Crippen molar-refractivity contribution in [1.29, 1.82) is 0 Å². The highest BCUT2D eigenvalue weighted by Gasteiger charge is 2.53. The van der Waals surface area contributed by atoms with E-state index in [9.17, 15) is 19.8 Å². The van der Waals surface area contributed by atoms with E-state index in [-0.39, 0.29) is 29.8 Å². The van der Waals surface area contributed by atoms with Gasteiger partial charge in [0.2, 0.25) is 0 Å². The molecule has 40 heavy (non-hydrogen) atoms. The van der Waals surface area contributed by atoms with Gasteiger partial charge in [-0.3, -0.25) is 9.59 Å². The molecular formula is C32H43NO6S. The van der Waals surface area contributed by atoms with E-state index in [0.717, 1.165) is 40.3 Å². The van der Waals surface area contributed by atoms with E-state index in [0.29, 0.717) is 12.8 Å². The average molecular weight is 570 g/mol. The van der Waals surface area contributed by atoms with Gasteiger partial charge in [-0.15, -0.1) is 17.9 Å². The highest BCUT2D eigenvalue weighted by atomic mass is 32.1. The minimum atomic E-state index is -1.28. The van der Waals surface area contributed by atoms with Crippen LogP contribution in [0.25, 0.3) is 10.6 Å². The van der Waals surface area contributed by atoms with Gasteiger partial charge in [0.15, 0.2) is 0 Å². The fourth-order valence-corrected chi connectivity index (χ4v) is 6.83. The number of aliphatic hydroxyl groups excluding tert-OH is 2. The van der Waals surface area contributed by atoms with Gasteiger partial charge in [-0.05, 0) is 44.6 Å². The van der Waals surface area contributed by atoms with Crippen molar-refractivity contribution in [1.82, 2.24) is 4.98 Å². The first-order chi connectivity index (χ1) is 18.9. The van der Waals surface area contributed by atoms with Gasteiger partial charge in [0.25, 0.3) is 0 Å². The Labute approximate surface area is 241 Å². The molecule has 2 aromatic rings. The fourth-order valence-electron chi connectivity index (χ4n) is 5.78. The maximum absolute atomic E-state index is 13.6. The molecule has 3 heterocycles. The van der Waals surface area contributed by atoms with Gasteiger partial charge in [-0.25, -0.2) is 4.98 Å². The van der Waals surface area contributed by atoms with Crippen molar-refractivity contribution in [2.75, 3.05) is 0 Å². The number of cyclic esters (lactones) is 1. The standard InChI is InChI=1S/C32H43NO6S/c1-7-11-22-28(36)20(3)13-10-15-32(6)26(39-32)16-23(38-27(35)17-25(34)31(4,5)29(22)37)24-18-33-30(40-24)21-14-9-8-12-19(21)2/h7-9,12,14,18,20,22-23,25-26,28,34,36H,1,10-11,13,15-17H2,2-6H3/t20-,22+,23-,25-,26-,28-,32+/m0/s1. The van der Waals surface area contributed by atoms with Crippen molar-refractivity contribution in [3.8, 4) is 10.6 Å². The number of hydrogen-bond acceptors (Lipinski definition) is 8. The number of nitrogens with zero attached hydrogens (tertiary/aromatic N) is 1. The highest BCUT2D eigenvalue weighted by molar-refractivity contribution is 7.15. The minimum Gasteiger partial charge on any atom is -0.456 e. The molecule has 0 radical (unpaired) electrons. The van der Waals surface area contributed by atoms with Gasteiger partial charge in [-0.1, -0.05) is 57.5 Å². The van der Waals surface area contributed by atoms with E-state index in [4.69, 9.17) is 9.47 Å². The number of epoxide rings is 1. The van der Waals surface area contributed by atoms with Crippen molar-refractivity contribution in [2.24, 2.45) is 17.3 Å². The second-order valence-electron chi connectivity index (χ2n) is 12.3. The zero-order chi connectivity index (χ0) is 29.2. The number of benzene rings is 1. The molecule has 2 N–H and O–H groups in total. The largest absolute Gasteiger partial charge is 0.456 e. The van der Waals surface area contributed by atoms with E-state index < -0.39 is 35.6 Å². The number of thiazole rings is 1. The lowest BCUT2D eigenvalue weighted by atomic mass is 9.71. The molecule has 0 bridgehead atoms. The smallest absolute Gasteiger partial charge is 0.309 e. The molecule has 0 saturated carbocycles. The number of rotatable bonds is 4. The van der Waals surface area contributed by atoms with Gasteiger partial charge in [0, 0.05) is 24.1 Å². The summed E-state index contributed by atoms with van der Waals surface area (Å²) in [7, 11) is 0. The molecule has 2 aliphatic heterocycles. The van der Waals surface area contributed by atoms with Crippen molar-refractivity contribution < 1.29 is 29.3 Å². The number of hydrogen-bond donors (Lipinski definition) is 2. The van der Waals surface area contributed by atoms with Crippen LogP contribution >= 0.6 is 11.3 Å². The van der Waals surface area contributed by atoms with Gasteiger partial charge in [0.05, 0.1) is 40.6 Å². The van der Waals surface area contributed by atoms with E-state index >= 15 is 0 Å².